The van der Waals surface area contributed by atoms with Gasteiger partial charge in [0.25, 0.3) is 5.91 Å². The summed E-state index contributed by atoms with van der Waals surface area (Å²) in [6.07, 6.45) is 5.21. The molecule has 6 heterocycles. The van der Waals surface area contributed by atoms with Crippen LogP contribution in [0.1, 0.15) is 66.5 Å². The average Bonchev–Trinajstić information content (AvgIpc) is 3.65. The normalized spacial score (nSPS) is 10.3. The summed E-state index contributed by atoms with van der Waals surface area (Å²) in [6, 6.07) is 9.86. The first-order valence-corrected chi connectivity index (χ1v) is 16.1. The molecule has 12 nitrogen and oxygen atoms in total. The number of ether oxygens (including phenoxy) is 1. The molecule has 6 aromatic heterocycles. The van der Waals surface area contributed by atoms with Crippen molar-refractivity contribution in [1.29, 1.82) is 0 Å². The first kappa shape index (κ1) is 37.8. The number of halogens is 4. The minimum absolute atomic E-state index is 0.0192. The number of rotatable bonds is 4. The minimum atomic E-state index is -0.708. The number of aromatic nitrogens is 8. The Kier molecular flexibility index (Phi) is 11.6. The van der Waals surface area contributed by atoms with Crippen LogP contribution >= 0.6 is 23.2 Å². The van der Waals surface area contributed by atoms with Crippen LogP contribution in [0.2, 0.25) is 10.3 Å². The van der Waals surface area contributed by atoms with Crippen molar-refractivity contribution in [3.8, 4) is 35.1 Å². The fourth-order valence-electron chi connectivity index (χ4n) is 4.72. The number of primary amides is 1. The maximum Gasteiger partial charge on any atom is 0.374 e. The first-order chi connectivity index (χ1) is 25.3. The molecule has 0 bridgehead atoms. The number of hydrogen-bond donors (Lipinski definition) is 1. The molecule has 16 heteroatoms. The van der Waals surface area contributed by atoms with Gasteiger partial charge in [-0.05, 0) is 75.9 Å². The molecule has 0 atom stereocenters. The van der Waals surface area contributed by atoms with Crippen LogP contribution in [0.4, 0.5) is 8.78 Å². The summed E-state index contributed by atoms with van der Waals surface area (Å²) < 4.78 is 35.5. The number of pyridine rings is 4. The highest BCUT2D eigenvalue weighted by Crippen LogP contribution is 2.20. The summed E-state index contributed by atoms with van der Waals surface area (Å²) in [4.78, 5) is 48.1. The summed E-state index contributed by atoms with van der Waals surface area (Å²) in [5, 5.41) is 0.255. The number of carbonyl (C=O) groups is 2. The molecule has 6 rings (SSSR count). The molecule has 0 radical (unpaired) electrons. The summed E-state index contributed by atoms with van der Waals surface area (Å²) >= 11 is 11.5. The van der Waals surface area contributed by atoms with Crippen LogP contribution in [0.25, 0.3) is 11.4 Å². The van der Waals surface area contributed by atoms with Crippen molar-refractivity contribution in [3.05, 3.63) is 140 Å². The Hall–Kier alpha value is -6.48. The quantitative estimate of drug-likeness (QED) is 0.133. The van der Waals surface area contributed by atoms with Crippen molar-refractivity contribution in [2.24, 2.45) is 5.73 Å². The molecule has 53 heavy (non-hydrogen) atoms. The lowest BCUT2D eigenvalue weighted by atomic mass is 10.2. The van der Waals surface area contributed by atoms with E-state index >= 15 is 0 Å². The predicted octanol–water partition coefficient (Wildman–Crippen LogP) is 5.83. The number of nitrogens with zero attached hydrogens (tertiary/aromatic N) is 8. The number of methoxy groups -OCH3 is 1. The number of hydrogen-bond acceptors (Lipinski definition) is 9. The van der Waals surface area contributed by atoms with Crippen LogP contribution < -0.4 is 5.73 Å². The number of carbonyl (C=O) groups excluding carboxylic acids is 2. The number of aryl methyl sites for hydroxylation is 2. The molecule has 0 aliphatic carbocycles. The zero-order valence-electron chi connectivity index (χ0n) is 28.7. The highest BCUT2D eigenvalue weighted by molar-refractivity contribution is 6.29. The van der Waals surface area contributed by atoms with Gasteiger partial charge in [0.2, 0.25) is 11.6 Å². The highest BCUT2D eigenvalue weighted by Gasteiger charge is 2.22. The second-order valence-corrected chi connectivity index (χ2v) is 11.8. The van der Waals surface area contributed by atoms with Crippen LogP contribution in [0.3, 0.4) is 0 Å². The second-order valence-electron chi connectivity index (χ2n) is 11.1. The molecule has 6 aromatic rings. The van der Waals surface area contributed by atoms with Gasteiger partial charge >= 0.3 is 5.97 Å². The molecule has 266 valence electrons. The lowest BCUT2D eigenvalue weighted by Crippen LogP contribution is -2.18. The van der Waals surface area contributed by atoms with Crippen molar-refractivity contribution in [3.63, 3.8) is 0 Å². The Morgan fingerprint density at radius 3 is 1.51 bits per heavy atom. The Morgan fingerprint density at radius 2 is 1.11 bits per heavy atom. The maximum atomic E-state index is 13.8. The van der Waals surface area contributed by atoms with Gasteiger partial charge in [-0.15, -0.1) is 0 Å². The van der Waals surface area contributed by atoms with Gasteiger partial charge in [0.05, 0.1) is 65.8 Å². The second kappa shape index (κ2) is 16.2. The summed E-state index contributed by atoms with van der Waals surface area (Å²) in [5.74, 6) is 8.42. The topological polar surface area (TPSA) is 157 Å². The van der Waals surface area contributed by atoms with Crippen LogP contribution in [0.15, 0.2) is 61.2 Å². The Bertz CT molecular complexity index is 2490. The number of imidazole rings is 2. The van der Waals surface area contributed by atoms with Crippen molar-refractivity contribution in [1.82, 2.24) is 39.0 Å². The van der Waals surface area contributed by atoms with Gasteiger partial charge in [-0.25, -0.2) is 33.5 Å². The molecule has 0 aliphatic rings. The molecule has 0 aliphatic heterocycles. The molecule has 0 saturated heterocycles. The molecule has 1 amide bonds. The first-order valence-electron chi connectivity index (χ1n) is 15.4. The van der Waals surface area contributed by atoms with Crippen LogP contribution in [0, 0.1) is 63.0 Å². The minimum Gasteiger partial charge on any atom is -0.463 e. The SMILES string of the molecule is COC(=O)c1nc(C#Cc2cc(Cl)ncc2F)c(C)n1-c1ccc(C)nc1.Cc1ccc(-n2c(C(N)=O)nc(C#Cc3cc(Cl)ncc3F)c2C)cn1. The number of nitrogens with two attached hydrogens (primary N) is 1. The van der Waals surface area contributed by atoms with Crippen molar-refractivity contribution in [2.45, 2.75) is 27.7 Å². The van der Waals surface area contributed by atoms with Crippen LogP contribution in [0.5, 0.6) is 0 Å². The summed E-state index contributed by atoms with van der Waals surface area (Å²) in [7, 11) is 1.27. The highest BCUT2D eigenvalue weighted by atomic mass is 35.5. The van der Waals surface area contributed by atoms with Gasteiger partial charge in [-0.1, -0.05) is 35.0 Å². The lowest BCUT2D eigenvalue weighted by molar-refractivity contribution is 0.0584. The van der Waals surface area contributed by atoms with E-state index < -0.39 is 23.5 Å². The Morgan fingerprint density at radius 1 is 0.679 bits per heavy atom. The van der Waals surface area contributed by atoms with E-state index in [4.69, 9.17) is 33.7 Å². The van der Waals surface area contributed by atoms with Crippen LogP contribution in [-0.2, 0) is 4.74 Å². The van der Waals surface area contributed by atoms with Crippen molar-refractivity contribution >= 4 is 35.1 Å². The van der Waals surface area contributed by atoms with Gasteiger partial charge in [0.1, 0.15) is 21.7 Å². The van der Waals surface area contributed by atoms with Gasteiger partial charge in [0.15, 0.2) is 11.6 Å². The predicted molar refractivity (Wildman–Crippen MR) is 192 cm³/mol. The average molecular weight is 755 g/mol. The monoisotopic (exact) mass is 753 g/mol. The lowest BCUT2D eigenvalue weighted by Gasteiger charge is -2.08. The van der Waals surface area contributed by atoms with E-state index in [-0.39, 0.29) is 33.1 Å². The third-order valence-corrected chi connectivity index (χ3v) is 7.80. The van der Waals surface area contributed by atoms with E-state index in [1.165, 1.54) is 19.2 Å². The molecule has 0 fully saturated rings. The van der Waals surface area contributed by atoms with E-state index in [9.17, 15) is 18.4 Å². The van der Waals surface area contributed by atoms with Gasteiger partial charge in [-0.2, -0.15) is 0 Å². The summed E-state index contributed by atoms with van der Waals surface area (Å²) in [5.41, 5.74) is 10.3. The molecule has 2 N–H and O–H groups in total. The van der Waals surface area contributed by atoms with Gasteiger partial charge < -0.3 is 10.5 Å². The molecule has 0 saturated carbocycles. The van der Waals surface area contributed by atoms with Gasteiger partial charge in [-0.3, -0.25) is 23.9 Å². The van der Waals surface area contributed by atoms with Gasteiger partial charge in [0, 0.05) is 11.4 Å². The Balaban J connectivity index is 0.000000204. The van der Waals surface area contributed by atoms with E-state index in [1.807, 2.05) is 26.0 Å². The number of esters is 1. The van der Waals surface area contributed by atoms with E-state index in [2.05, 4.69) is 53.6 Å². The van der Waals surface area contributed by atoms with Crippen molar-refractivity contribution in [2.75, 3.05) is 7.11 Å². The number of amides is 1. The van der Waals surface area contributed by atoms with Crippen LogP contribution in [-0.4, -0.2) is 58.0 Å². The summed E-state index contributed by atoms with van der Waals surface area (Å²) in [6.45, 7) is 7.19. The molecule has 0 unspecified atom stereocenters. The molecule has 0 aromatic carbocycles. The largest absolute Gasteiger partial charge is 0.463 e. The smallest absolute Gasteiger partial charge is 0.374 e. The molecular weight excluding hydrogens is 727 g/mol. The molecular formula is C37H27Cl2F2N9O3. The fraction of sp³-hybridized carbons (Fsp3) is 0.135. The molecule has 0 spiro atoms. The third kappa shape index (κ3) is 8.70. The van der Waals surface area contributed by atoms with E-state index in [0.29, 0.717) is 34.2 Å². The van der Waals surface area contributed by atoms with E-state index in [0.717, 1.165) is 23.8 Å². The third-order valence-electron chi connectivity index (χ3n) is 7.39. The Labute approximate surface area is 312 Å². The van der Waals surface area contributed by atoms with E-state index in [1.54, 1.807) is 47.5 Å². The zero-order valence-corrected chi connectivity index (χ0v) is 30.2. The fourth-order valence-corrected chi connectivity index (χ4v) is 5.04. The maximum absolute atomic E-state index is 13.8. The zero-order chi connectivity index (χ0) is 38.4. The standard InChI is InChI=1S/C19H14ClFN4O2.C18H13ClFN5O/c1-11-4-6-14(9-22-11)25-12(2)16(24-18(25)19(26)27-3)7-5-13-8-17(20)23-10-15(13)21;1-10-3-5-13(8-22-10)25-11(2)15(24-18(25)17(21)26)6-4-12-7-16(19)23-9-14(12)20/h4,6,8-10H,1-3H3;3,5,7-9H,1-2H3,(H2,21,26). The van der Waals surface area contributed by atoms with Crippen molar-refractivity contribution < 1.29 is 23.1 Å².